The molecule has 0 saturated carbocycles. The third-order valence-electron chi connectivity index (χ3n) is 7.61. The molecule has 0 radical (unpaired) electrons. The van der Waals surface area contributed by atoms with Crippen LogP contribution in [0.5, 0.6) is 0 Å². The molecule has 2 saturated heterocycles. The largest absolute Gasteiger partial charge is 0.406 e. The first kappa shape index (κ1) is 24.9. The molecule has 5 nitrogen and oxygen atoms in total. The third-order valence-corrected chi connectivity index (χ3v) is 16.5. The lowest BCUT2D eigenvalue weighted by atomic mass is 9.94. The Bertz CT molecular complexity index is 672. The van der Waals surface area contributed by atoms with Gasteiger partial charge >= 0.3 is 5.92 Å². The van der Waals surface area contributed by atoms with Crippen LogP contribution in [0.15, 0.2) is 0 Å². The van der Waals surface area contributed by atoms with E-state index in [4.69, 9.17) is 8.85 Å². The van der Waals surface area contributed by atoms with Gasteiger partial charge in [-0.1, -0.05) is 48.5 Å². The Labute approximate surface area is 176 Å². The highest BCUT2D eigenvalue weighted by Gasteiger charge is 2.77. The van der Waals surface area contributed by atoms with Crippen LogP contribution in [0.1, 0.15) is 48.5 Å². The summed E-state index contributed by atoms with van der Waals surface area (Å²) >= 11 is 0. The van der Waals surface area contributed by atoms with Gasteiger partial charge < -0.3 is 18.9 Å². The quantitative estimate of drug-likeness (QED) is 0.636. The predicted molar refractivity (Wildman–Crippen MR) is 115 cm³/mol. The fourth-order valence-electron chi connectivity index (χ4n) is 3.41. The molecular formula is C20H39F2NO4Si2. The van der Waals surface area contributed by atoms with Gasteiger partial charge in [0.2, 0.25) is 5.72 Å². The van der Waals surface area contributed by atoms with E-state index in [1.54, 1.807) is 0 Å². The Morgan fingerprint density at radius 1 is 1.00 bits per heavy atom. The number of amides is 1. The Morgan fingerprint density at radius 2 is 1.41 bits per heavy atom. The van der Waals surface area contributed by atoms with Crippen LogP contribution in [0, 0.1) is 5.92 Å². The van der Waals surface area contributed by atoms with Crippen molar-refractivity contribution in [1.82, 2.24) is 4.90 Å². The molecule has 29 heavy (non-hydrogen) atoms. The Balaban J connectivity index is 2.57. The predicted octanol–water partition coefficient (Wildman–Crippen LogP) is 4.58. The minimum atomic E-state index is -3.48. The van der Waals surface area contributed by atoms with Crippen LogP contribution in [0.3, 0.4) is 0 Å². The van der Waals surface area contributed by atoms with Gasteiger partial charge in [0.15, 0.2) is 22.7 Å². The Kier molecular flexibility index (Phi) is 5.86. The number of hydrogen-bond acceptors (Lipinski definition) is 4. The molecule has 2 aliphatic rings. The summed E-state index contributed by atoms with van der Waals surface area (Å²) in [6, 6.07) is 0. The number of halogens is 2. The number of fused-ring (bicyclic) bond motifs is 1. The lowest BCUT2D eigenvalue weighted by Gasteiger charge is -2.45. The van der Waals surface area contributed by atoms with Crippen LogP contribution in [0.4, 0.5) is 8.78 Å². The first-order valence-corrected chi connectivity index (χ1v) is 16.2. The monoisotopic (exact) mass is 451 g/mol. The zero-order chi connectivity index (χ0) is 23.0. The molecule has 2 fully saturated rings. The molecule has 2 aliphatic heterocycles. The number of rotatable bonds is 4. The molecule has 1 N–H and O–H groups in total. The maximum absolute atomic E-state index is 15.3. The molecular weight excluding hydrogens is 412 g/mol. The second-order valence-electron chi connectivity index (χ2n) is 11.8. The van der Waals surface area contributed by atoms with Crippen molar-refractivity contribution in [3.05, 3.63) is 0 Å². The second kappa shape index (κ2) is 6.82. The number of carbonyl (C=O) groups is 1. The second-order valence-corrected chi connectivity index (χ2v) is 21.3. The lowest BCUT2D eigenvalue weighted by Crippen LogP contribution is -2.63. The summed E-state index contributed by atoms with van der Waals surface area (Å²) in [4.78, 5) is 14.2. The van der Waals surface area contributed by atoms with Crippen LogP contribution in [0.25, 0.3) is 0 Å². The van der Waals surface area contributed by atoms with Gasteiger partial charge in [0.05, 0.1) is 0 Å². The van der Waals surface area contributed by atoms with E-state index in [1.165, 1.54) is 6.92 Å². The van der Waals surface area contributed by atoms with Crippen LogP contribution in [-0.4, -0.2) is 62.9 Å². The topological polar surface area (TPSA) is 59.0 Å². The molecule has 170 valence electrons. The van der Waals surface area contributed by atoms with E-state index in [0.717, 1.165) is 4.90 Å². The molecule has 0 spiro atoms. The van der Waals surface area contributed by atoms with Gasteiger partial charge in [0.1, 0.15) is 6.10 Å². The zero-order valence-electron chi connectivity index (χ0n) is 19.8. The van der Waals surface area contributed by atoms with E-state index in [2.05, 4.69) is 0 Å². The normalized spacial score (nSPS) is 33.4. The zero-order valence-corrected chi connectivity index (χ0v) is 21.8. The average molecular weight is 452 g/mol. The number of hydrogen-bond donors (Lipinski definition) is 1. The number of carbonyl (C=O) groups excluding carboxylic acids is 1. The minimum Gasteiger partial charge on any atom is -0.406 e. The highest BCUT2D eigenvalue weighted by atomic mass is 28.4. The highest BCUT2D eigenvalue weighted by Crippen LogP contribution is 2.55. The molecule has 9 heteroatoms. The van der Waals surface area contributed by atoms with E-state index in [-0.39, 0.29) is 16.6 Å². The van der Waals surface area contributed by atoms with E-state index in [9.17, 15) is 9.90 Å². The maximum atomic E-state index is 15.3. The first-order valence-electron chi connectivity index (χ1n) is 10.4. The highest BCUT2D eigenvalue weighted by molar-refractivity contribution is 6.74. The molecule has 4 atom stereocenters. The van der Waals surface area contributed by atoms with Crippen LogP contribution in [-0.2, 0) is 13.6 Å². The summed E-state index contributed by atoms with van der Waals surface area (Å²) in [5, 5.41) is 10.8. The van der Waals surface area contributed by atoms with Crippen LogP contribution >= 0.6 is 0 Å². The van der Waals surface area contributed by atoms with Crippen molar-refractivity contribution in [3.63, 3.8) is 0 Å². The van der Waals surface area contributed by atoms with Gasteiger partial charge in [-0.25, -0.2) is 8.78 Å². The summed E-state index contributed by atoms with van der Waals surface area (Å²) in [7, 11) is -5.08. The summed E-state index contributed by atoms with van der Waals surface area (Å²) in [5.74, 6) is -5.23. The average Bonchev–Trinajstić information content (AvgIpc) is 2.79. The van der Waals surface area contributed by atoms with Crippen molar-refractivity contribution >= 4 is 22.5 Å². The molecule has 0 aromatic carbocycles. The molecule has 0 aromatic heterocycles. The van der Waals surface area contributed by atoms with Gasteiger partial charge in [-0.3, -0.25) is 4.79 Å². The molecule has 0 bridgehead atoms. The maximum Gasteiger partial charge on any atom is 0.301 e. The van der Waals surface area contributed by atoms with E-state index < -0.39 is 52.3 Å². The van der Waals surface area contributed by atoms with Crippen molar-refractivity contribution < 1.29 is 27.5 Å². The van der Waals surface area contributed by atoms with Gasteiger partial charge in [-0.2, -0.15) is 0 Å². The molecule has 2 rings (SSSR count). The summed E-state index contributed by atoms with van der Waals surface area (Å²) < 4.78 is 43.2. The van der Waals surface area contributed by atoms with Gasteiger partial charge in [0, 0.05) is 12.5 Å². The van der Waals surface area contributed by atoms with Crippen molar-refractivity contribution in [2.45, 2.75) is 109 Å². The standard InChI is InChI=1S/C20H39F2NO4Si2/c1-13-12-23-16(24)14(26-28(8,9)17(2,3)4)15(20(23,25)19(13,21)22)27-29(10,11)18(5,6)7/h13-15,25H,12H2,1-11H3/t13-,14-,15-,20+/m1/s1. The van der Waals surface area contributed by atoms with Gasteiger partial charge in [-0.05, 0) is 36.3 Å². The SMILES string of the molecule is C[C@@H]1CN2C(=O)[C@H](O[Si](C)(C)C(C)(C)C)[C@@H](O[Si](C)(C)C(C)(C)C)[C@]2(O)C1(F)F. The Hall–Kier alpha value is -0.356. The Morgan fingerprint density at radius 3 is 1.83 bits per heavy atom. The number of alkyl halides is 2. The summed E-state index contributed by atoms with van der Waals surface area (Å²) in [5.41, 5.74) is -2.69. The van der Waals surface area contributed by atoms with Crippen molar-refractivity contribution in [2.75, 3.05) is 6.54 Å². The van der Waals surface area contributed by atoms with Gasteiger partial charge in [-0.15, -0.1) is 0 Å². The smallest absolute Gasteiger partial charge is 0.301 e. The summed E-state index contributed by atoms with van der Waals surface area (Å²) in [6.45, 7) is 21.0. The molecule has 0 unspecified atom stereocenters. The van der Waals surface area contributed by atoms with E-state index in [0.29, 0.717) is 0 Å². The molecule has 0 aliphatic carbocycles. The number of nitrogens with zero attached hydrogens (tertiary/aromatic N) is 1. The van der Waals surface area contributed by atoms with Gasteiger partial charge in [0.25, 0.3) is 5.91 Å². The first-order chi connectivity index (χ1) is 12.6. The molecule has 0 aromatic rings. The van der Waals surface area contributed by atoms with E-state index >= 15 is 8.78 Å². The third kappa shape index (κ3) is 3.64. The van der Waals surface area contributed by atoms with Crippen molar-refractivity contribution in [1.29, 1.82) is 0 Å². The number of aliphatic hydroxyl groups is 1. The fourth-order valence-corrected chi connectivity index (χ4v) is 5.90. The molecule has 2 heterocycles. The lowest BCUT2D eigenvalue weighted by molar-refractivity contribution is -0.249. The van der Waals surface area contributed by atoms with Crippen molar-refractivity contribution in [3.8, 4) is 0 Å². The van der Waals surface area contributed by atoms with Crippen LogP contribution < -0.4 is 0 Å². The van der Waals surface area contributed by atoms with Crippen molar-refractivity contribution in [2.24, 2.45) is 5.92 Å². The fraction of sp³-hybridized carbons (Fsp3) is 0.950. The van der Waals surface area contributed by atoms with Crippen LogP contribution in [0.2, 0.25) is 36.3 Å². The molecule has 1 amide bonds. The summed E-state index contributed by atoms with van der Waals surface area (Å²) in [6.07, 6.45) is -2.65. The minimum absolute atomic E-state index is 0.211. The van der Waals surface area contributed by atoms with E-state index in [1.807, 2.05) is 67.7 Å².